The van der Waals surface area contributed by atoms with Crippen molar-refractivity contribution in [3.05, 3.63) is 17.3 Å². The lowest BCUT2D eigenvalue weighted by molar-refractivity contribution is -0.136. The third kappa shape index (κ3) is 2.90. The molecule has 18 heavy (non-hydrogen) atoms. The molecule has 0 radical (unpaired) electrons. The largest absolute Gasteiger partial charge is 0.391 e. The second-order valence-electron chi connectivity index (χ2n) is 4.18. The fourth-order valence-corrected chi connectivity index (χ4v) is 2.66. The lowest BCUT2D eigenvalue weighted by Crippen LogP contribution is -2.24. The van der Waals surface area contributed by atoms with E-state index in [1.54, 1.807) is 0 Å². The van der Waals surface area contributed by atoms with E-state index in [1.165, 1.54) is 24.6 Å². The first-order chi connectivity index (χ1) is 8.37. The van der Waals surface area contributed by atoms with E-state index >= 15 is 0 Å². The van der Waals surface area contributed by atoms with E-state index in [2.05, 4.69) is 15.3 Å². The summed E-state index contributed by atoms with van der Waals surface area (Å²) in [5.41, 5.74) is 1.79. The molecule has 0 aromatic carbocycles. The molecule has 3 nitrogen and oxygen atoms in total. The van der Waals surface area contributed by atoms with Crippen LogP contribution >= 0.6 is 11.3 Å². The number of aromatic nitrogens is 2. The van der Waals surface area contributed by atoms with Crippen LogP contribution in [0.1, 0.15) is 18.9 Å². The Labute approximate surface area is 106 Å². The Balaban J connectivity index is 2.22. The highest BCUT2D eigenvalue weighted by Gasteiger charge is 2.30. The number of aryl methyl sites for hydroxylation is 1. The number of nitrogens with one attached hydrogen (secondary N) is 1. The summed E-state index contributed by atoms with van der Waals surface area (Å²) in [6, 6.07) is -0.717. The van der Waals surface area contributed by atoms with Crippen molar-refractivity contribution >= 4 is 27.4 Å². The van der Waals surface area contributed by atoms with E-state index in [-0.39, 0.29) is 0 Å². The quantitative estimate of drug-likeness (QED) is 0.927. The molecule has 2 rings (SSSR count). The number of anilines is 1. The topological polar surface area (TPSA) is 37.8 Å². The molecule has 0 aliphatic carbocycles. The lowest BCUT2D eigenvalue weighted by Gasteiger charge is -2.16. The number of hydrogen-bond acceptors (Lipinski definition) is 4. The summed E-state index contributed by atoms with van der Waals surface area (Å²) >= 11 is 1.43. The minimum Gasteiger partial charge on any atom is -0.366 e. The molecule has 0 aliphatic heterocycles. The highest BCUT2D eigenvalue weighted by molar-refractivity contribution is 7.18. The Morgan fingerprint density at radius 3 is 2.78 bits per heavy atom. The molecular formula is C11H12F3N3S. The van der Waals surface area contributed by atoms with Gasteiger partial charge in [-0.05, 0) is 24.8 Å². The normalized spacial score (nSPS) is 13.8. The highest BCUT2D eigenvalue weighted by Crippen LogP contribution is 2.30. The molecule has 0 aliphatic rings. The first-order valence-corrected chi connectivity index (χ1v) is 6.27. The average Bonchev–Trinajstić information content (AvgIpc) is 2.59. The van der Waals surface area contributed by atoms with Gasteiger partial charge in [0.1, 0.15) is 12.1 Å². The smallest absolute Gasteiger partial charge is 0.366 e. The first kappa shape index (κ1) is 13.1. The van der Waals surface area contributed by atoms with Crippen LogP contribution in [0, 0.1) is 6.92 Å². The van der Waals surface area contributed by atoms with Crippen LogP contribution in [0.4, 0.5) is 19.0 Å². The Kier molecular flexibility index (Phi) is 3.43. The number of fused-ring (bicyclic) bond motifs is 1. The zero-order chi connectivity index (χ0) is 13.3. The van der Waals surface area contributed by atoms with Crippen molar-refractivity contribution in [2.75, 3.05) is 5.32 Å². The van der Waals surface area contributed by atoms with Gasteiger partial charge < -0.3 is 5.32 Å². The standard InChI is InChI=1S/C11H12F3N3S/c1-6-4-18-9-8(6)15-5-16-10(9)17-7(2)3-11(12,13)14/h4-5,7H,3H2,1-2H3,(H,15,16,17). The van der Waals surface area contributed by atoms with E-state index in [9.17, 15) is 13.2 Å². The van der Waals surface area contributed by atoms with E-state index < -0.39 is 18.6 Å². The summed E-state index contributed by atoms with van der Waals surface area (Å²) in [5, 5.41) is 4.71. The molecule has 2 heterocycles. The van der Waals surface area contributed by atoms with Gasteiger partial charge in [0.15, 0.2) is 0 Å². The molecule has 0 bridgehead atoms. The third-order valence-corrected chi connectivity index (χ3v) is 3.55. The van der Waals surface area contributed by atoms with Crippen molar-refractivity contribution in [3.8, 4) is 0 Å². The molecule has 1 atom stereocenters. The Hall–Kier alpha value is -1.37. The molecule has 1 unspecified atom stereocenters. The fraction of sp³-hybridized carbons (Fsp3) is 0.455. The Bertz CT molecular complexity index is 550. The van der Waals surface area contributed by atoms with Gasteiger partial charge in [-0.2, -0.15) is 13.2 Å². The minimum atomic E-state index is -4.18. The number of hydrogen-bond donors (Lipinski definition) is 1. The van der Waals surface area contributed by atoms with Crippen molar-refractivity contribution in [2.24, 2.45) is 0 Å². The van der Waals surface area contributed by atoms with Crippen LogP contribution < -0.4 is 5.32 Å². The maximum Gasteiger partial charge on any atom is 0.391 e. The van der Waals surface area contributed by atoms with Gasteiger partial charge in [0.25, 0.3) is 0 Å². The van der Waals surface area contributed by atoms with Crippen LogP contribution in [0.5, 0.6) is 0 Å². The second-order valence-corrected chi connectivity index (χ2v) is 5.06. The zero-order valence-electron chi connectivity index (χ0n) is 9.88. The van der Waals surface area contributed by atoms with Gasteiger partial charge >= 0.3 is 6.18 Å². The summed E-state index contributed by atoms with van der Waals surface area (Å²) in [6.45, 7) is 3.40. The molecule has 0 saturated carbocycles. The number of alkyl halides is 3. The lowest BCUT2D eigenvalue weighted by atomic mass is 10.2. The Morgan fingerprint density at radius 2 is 2.11 bits per heavy atom. The van der Waals surface area contributed by atoms with Gasteiger partial charge in [-0.3, -0.25) is 0 Å². The number of nitrogens with zero attached hydrogens (tertiary/aromatic N) is 2. The van der Waals surface area contributed by atoms with E-state index in [4.69, 9.17) is 0 Å². The summed E-state index contributed by atoms with van der Waals surface area (Å²) < 4.78 is 37.6. The number of thiophene rings is 1. The molecule has 98 valence electrons. The van der Waals surface area contributed by atoms with Crippen molar-refractivity contribution in [1.29, 1.82) is 0 Å². The van der Waals surface area contributed by atoms with Gasteiger partial charge in [0, 0.05) is 6.04 Å². The van der Waals surface area contributed by atoms with Crippen molar-refractivity contribution < 1.29 is 13.2 Å². The zero-order valence-corrected chi connectivity index (χ0v) is 10.7. The predicted octanol–water partition coefficient (Wildman–Crippen LogP) is 3.75. The molecule has 1 N–H and O–H groups in total. The molecule has 2 aromatic heterocycles. The first-order valence-electron chi connectivity index (χ1n) is 5.39. The predicted molar refractivity (Wildman–Crippen MR) is 65.9 cm³/mol. The molecule has 0 fully saturated rings. The minimum absolute atomic E-state index is 0.467. The van der Waals surface area contributed by atoms with Crippen LogP contribution in [0.3, 0.4) is 0 Å². The van der Waals surface area contributed by atoms with Crippen LogP contribution in [0.15, 0.2) is 11.7 Å². The van der Waals surface area contributed by atoms with Gasteiger partial charge in [-0.25, -0.2) is 9.97 Å². The van der Waals surface area contributed by atoms with Gasteiger partial charge in [-0.1, -0.05) is 0 Å². The molecular weight excluding hydrogens is 263 g/mol. The number of rotatable bonds is 3. The summed E-state index contributed by atoms with van der Waals surface area (Å²) in [7, 11) is 0. The molecule has 0 amide bonds. The van der Waals surface area contributed by atoms with Crippen molar-refractivity contribution in [1.82, 2.24) is 9.97 Å². The molecule has 7 heteroatoms. The van der Waals surface area contributed by atoms with Gasteiger partial charge in [-0.15, -0.1) is 11.3 Å². The van der Waals surface area contributed by atoms with Crippen molar-refractivity contribution in [2.45, 2.75) is 32.5 Å². The van der Waals surface area contributed by atoms with Crippen LogP contribution in [0.2, 0.25) is 0 Å². The van der Waals surface area contributed by atoms with E-state index in [0.29, 0.717) is 5.82 Å². The van der Waals surface area contributed by atoms with Crippen LogP contribution in [0.25, 0.3) is 10.2 Å². The number of halogens is 3. The average molecular weight is 275 g/mol. The van der Waals surface area contributed by atoms with Crippen molar-refractivity contribution in [3.63, 3.8) is 0 Å². The fourth-order valence-electron chi connectivity index (χ4n) is 1.70. The summed E-state index contributed by atoms with van der Waals surface area (Å²) in [5.74, 6) is 0.467. The van der Waals surface area contributed by atoms with Crippen LogP contribution in [-0.2, 0) is 0 Å². The van der Waals surface area contributed by atoms with Gasteiger partial charge in [0.2, 0.25) is 0 Å². The van der Waals surface area contributed by atoms with Crippen LogP contribution in [-0.4, -0.2) is 22.2 Å². The van der Waals surface area contributed by atoms with E-state index in [0.717, 1.165) is 15.8 Å². The van der Waals surface area contributed by atoms with E-state index in [1.807, 2.05) is 12.3 Å². The maximum absolute atomic E-state index is 12.3. The molecule has 0 spiro atoms. The summed E-state index contributed by atoms with van der Waals surface area (Å²) in [6.07, 6.45) is -3.70. The second kappa shape index (κ2) is 4.72. The maximum atomic E-state index is 12.3. The Morgan fingerprint density at radius 1 is 1.39 bits per heavy atom. The molecule has 2 aromatic rings. The highest BCUT2D eigenvalue weighted by atomic mass is 32.1. The third-order valence-electron chi connectivity index (χ3n) is 2.45. The van der Waals surface area contributed by atoms with Gasteiger partial charge in [0.05, 0.1) is 16.6 Å². The monoisotopic (exact) mass is 275 g/mol. The summed E-state index contributed by atoms with van der Waals surface area (Å²) in [4.78, 5) is 8.13. The SMILES string of the molecule is Cc1csc2c(NC(C)CC(F)(F)F)ncnc12. The molecule has 0 saturated heterocycles.